The van der Waals surface area contributed by atoms with Crippen molar-refractivity contribution in [2.24, 2.45) is 5.10 Å². The Morgan fingerprint density at radius 3 is 2.71 bits per heavy atom. The van der Waals surface area contributed by atoms with Crippen LogP contribution < -0.4 is 10.2 Å². The third-order valence-electron chi connectivity index (χ3n) is 3.25. The Kier molecular flexibility index (Phi) is 6.73. The SMILES string of the molecule is N#CCC(=O)N/N=C\c1ccc(OCC(=O)N2CCOCC2)cc1. The molecule has 1 aliphatic rings. The van der Waals surface area contributed by atoms with E-state index in [-0.39, 0.29) is 18.9 Å². The molecule has 1 aliphatic heterocycles. The fourth-order valence-corrected chi connectivity index (χ4v) is 1.99. The van der Waals surface area contributed by atoms with E-state index in [1.165, 1.54) is 6.21 Å². The number of morpholine rings is 1. The van der Waals surface area contributed by atoms with E-state index >= 15 is 0 Å². The second-order valence-corrected chi connectivity index (χ2v) is 4.98. The number of hydrogen-bond acceptors (Lipinski definition) is 6. The number of hydrazone groups is 1. The average molecular weight is 330 g/mol. The highest BCUT2D eigenvalue weighted by molar-refractivity contribution is 5.83. The van der Waals surface area contributed by atoms with Gasteiger partial charge in [-0.05, 0) is 29.8 Å². The molecule has 8 nitrogen and oxygen atoms in total. The highest BCUT2D eigenvalue weighted by Gasteiger charge is 2.16. The average Bonchev–Trinajstić information content (AvgIpc) is 2.62. The van der Waals surface area contributed by atoms with Crippen molar-refractivity contribution < 1.29 is 19.1 Å². The van der Waals surface area contributed by atoms with Crippen molar-refractivity contribution in [3.05, 3.63) is 29.8 Å². The highest BCUT2D eigenvalue weighted by atomic mass is 16.5. The minimum atomic E-state index is -0.463. The lowest BCUT2D eigenvalue weighted by atomic mass is 10.2. The molecule has 0 spiro atoms. The van der Waals surface area contributed by atoms with Crippen molar-refractivity contribution in [2.75, 3.05) is 32.9 Å². The maximum Gasteiger partial charge on any atom is 0.260 e. The Labute approximate surface area is 139 Å². The molecular formula is C16H18N4O4. The molecule has 1 aromatic rings. The highest BCUT2D eigenvalue weighted by Crippen LogP contribution is 2.11. The molecule has 0 atom stereocenters. The molecule has 24 heavy (non-hydrogen) atoms. The molecule has 1 heterocycles. The largest absolute Gasteiger partial charge is 0.484 e. The number of nitrogens with one attached hydrogen (secondary N) is 1. The van der Waals surface area contributed by atoms with Gasteiger partial charge in [-0.2, -0.15) is 10.4 Å². The van der Waals surface area contributed by atoms with Gasteiger partial charge in [-0.25, -0.2) is 5.43 Å². The first-order valence-electron chi connectivity index (χ1n) is 7.46. The predicted molar refractivity (Wildman–Crippen MR) is 85.3 cm³/mol. The Morgan fingerprint density at radius 1 is 1.33 bits per heavy atom. The van der Waals surface area contributed by atoms with Crippen LogP contribution in [-0.2, 0) is 14.3 Å². The number of carbonyl (C=O) groups is 2. The van der Waals surface area contributed by atoms with Crippen LogP contribution in [0.25, 0.3) is 0 Å². The smallest absolute Gasteiger partial charge is 0.260 e. The molecule has 0 radical (unpaired) electrons. The van der Waals surface area contributed by atoms with Gasteiger partial charge in [0, 0.05) is 13.1 Å². The Hall–Kier alpha value is -2.92. The summed E-state index contributed by atoms with van der Waals surface area (Å²) in [6, 6.07) is 8.65. The lowest BCUT2D eigenvalue weighted by Gasteiger charge is -2.26. The first-order chi connectivity index (χ1) is 11.7. The summed E-state index contributed by atoms with van der Waals surface area (Å²) >= 11 is 0. The van der Waals surface area contributed by atoms with Gasteiger partial charge >= 0.3 is 0 Å². The number of nitriles is 1. The van der Waals surface area contributed by atoms with Crippen LogP contribution >= 0.6 is 0 Å². The molecule has 1 N–H and O–H groups in total. The van der Waals surface area contributed by atoms with Gasteiger partial charge in [-0.3, -0.25) is 9.59 Å². The summed E-state index contributed by atoms with van der Waals surface area (Å²) in [5.74, 6) is 0.0433. The van der Waals surface area contributed by atoms with Crippen LogP contribution in [0.3, 0.4) is 0 Å². The molecule has 0 aliphatic carbocycles. The van der Waals surface area contributed by atoms with E-state index in [9.17, 15) is 9.59 Å². The van der Waals surface area contributed by atoms with Crippen molar-refractivity contribution in [1.82, 2.24) is 10.3 Å². The number of amides is 2. The van der Waals surface area contributed by atoms with E-state index in [0.29, 0.717) is 32.1 Å². The molecule has 1 fully saturated rings. The van der Waals surface area contributed by atoms with Gasteiger partial charge in [0.1, 0.15) is 12.2 Å². The second kappa shape index (κ2) is 9.27. The van der Waals surface area contributed by atoms with E-state index in [1.807, 2.05) is 0 Å². The lowest BCUT2D eigenvalue weighted by molar-refractivity contribution is -0.137. The van der Waals surface area contributed by atoms with Crippen LogP contribution in [0, 0.1) is 11.3 Å². The zero-order chi connectivity index (χ0) is 17.2. The van der Waals surface area contributed by atoms with Gasteiger partial charge in [0.15, 0.2) is 6.61 Å². The lowest BCUT2D eigenvalue weighted by Crippen LogP contribution is -2.42. The van der Waals surface area contributed by atoms with E-state index in [0.717, 1.165) is 5.56 Å². The summed E-state index contributed by atoms with van der Waals surface area (Å²) in [5.41, 5.74) is 2.99. The molecule has 1 saturated heterocycles. The van der Waals surface area contributed by atoms with Crippen molar-refractivity contribution in [3.8, 4) is 11.8 Å². The number of benzene rings is 1. The molecule has 0 unspecified atom stereocenters. The normalized spacial score (nSPS) is 14.2. The van der Waals surface area contributed by atoms with Gasteiger partial charge in [-0.1, -0.05) is 0 Å². The van der Waals surface area contributed by atoms with Gasteiger partial charge in [0.25, 0.3) is 11.8 Å². The number of nitrogens with zero attached hydrogens (tertiary/aromatic N) is 3. The summed E-state index contributed by atoms with van der Waals surface area (Å²) in [7, 11) is 0. The first-order valence-corrected chi connectivity index (χ1v) is 7.46. The second-order valence-electron chi connectivity index (χ2n) is 4.98. The monoisotopic (exact) mass is 330 g/mol. The van der Waals surface area contributed by atoms with E-state index in [1.54, 1.807) is 35.2 Å². The molecule has 2 amide bonds. The van der Waals surface area contributed by atoms with Crippen molar-refractivity contribution in [2.45, 2.75) is 6.42 Å². The van der Waals surface area contributed by atoms with Crippen LogP contribution in [0.5, 0.6) is 5.75 Å². The molecule has 0 bridgehead atoms. The fraction of sp³-hybridized carbons (Fsp3) is 0.375. The third-order valence-corrected chi connectivity index (χ3v) is 3.25. The molecular weight excluding hydrogens is 312 g/mol. The van der Waals surface area contributed by atoms with Gasteiger partial charge in [-0.15, -0.1) is 0 Å². The van der Waals surface area contributed by atoms with Gasteiger partial charge in [0.05, 0.1) is 25.5 Å². The van der Waals surface area contributed by atoms with Crippen LogP contribution in [0.2, 0.25) is 0 Å². The van der Waals surface area contributed by atoms with Crippen molar-refractivity contribution >= 4 is 18.0 Å². The molecule has 126 valence electrons. The van der Waals surface area contributed by atoms with E-state index < -0.39 is 5.91 Å². The van der Waals surface area contributed by atoms with Crippen LogP contribution in [0.4, 0.5) is 0 Å². The molecule has 2 rings (SSSR count). The quantitative estimate of drug-likeness (QED) is 0.596. The Morgan fingerprint density at radius 2 is 2.04 bits per heavy atom. The molecule has 8 heteroatoms. The van der Waals surface area contributed by atoms with Crippen LogP contribution in [0.15, 0.2) is 29.4 Å². The zero-order valence-electron chi connectivity index (χ0n) is 13.1. The topological polar surface area (TPSA) is 104 Å². The van der Waals surface area contributed by atoms with Gasteiger partial charge in [0.2, 0.25) is 0 Å². The standard InChI is InChI=1S/C16H18N4O4/c17-6-5-15(21)19-18-11-13-1-3-14(4-2-13)24-12-16(22)20-7-9-23-10-8-20/h1-4,11H,5,7-10,12H2,(H,19,21)/b18-11-. The number of carbonyl (C=O) groups excluding carboxylic acids is 2. The zero-order valence-corrected chi connectivity index (χ0v) is 13.1. The Bertz CT molecular complexity index is 630. The van der Waals surface area contributed by atoms with E-state index in [4.69, 9.17) is 14.7 Å². The molecule has 0 saturated carbocycles. The summed E-state index contributed by atoms with van der Waals surface area (Å²) < 4.78 is 10.7. The first kappa shape index (κ1) is 17.4. The van der Waals surface area contributed by atoms with Crippen molar-refractivity contribution in [1.29, 1.82) is 5.26 Å². The third kappa shape index (κ3) is 5.70. The number of rotatable bonds is 6. The van der Waals surface area contributed by atoms with E-state index in [2.05, 4.69) is 10.5 Å². The fourth-order valence-electron chi connectivity index (χ4n) is 1.99. The molecule has 0 aromatic heterocycles. The number of hydrogen-bond donors (Lipinski definition) is 1. The summed E-state index contributed by atoms with van der Waals surface area (Å²) in [6.45, 7) is 2.29. The summed E-state index contributed by atoms with van der Waals surface area (Å²) in [5, 5.41) is 12.1. The summed E-state index contributed by atoms with van der Waals surface area (Å²) in [6.07, 6.45) is 1.22. The summed E-state index contributed by atoms with van der Waals surface area (Å²) in [4.78, 5) is 24.7. The van der Waals surface area contributed by atoms with Crippen LogP contribution in [0.1, 0.15) is 12.0 Å². The minimum Gasteiger partial charge on any atom is -0.484 e. The Balaban J connectivity index is 1.77. The maximum atomic E-state index is 12.0. The number of ether oxygens (including phenoxy) is 2. The molecule has 1 aromatic carbocycles. The maximum absolute atomic E-state index is 12.0. The van der Waals surface area contributed by atoms with Gasteiger partial charge < -0.3 is 14.4 Å². The van der Waals surface area contributed by atoms with Crippen LogP contribution in [-0.4, -0.2) is 55.8 Å². The minimum absolute atomic E-state index is 0.0162. The van der Waals surface area contributed by atoms with Crippen molar-refractivity contribution in [3.63, 3.8) is 0 Å². The predicted octanol–water partition coefficient (Wildman–Crippen LogP) is 0.288.